The second kappa shape index (κ2) is 9.52. The fraction of sp³-hybridized carbons (Fsp3) is 0.409. The molecule has 0 unspecified atom stereocenters. The molecule has 3 aromatic rings. The summed E-state index contributed by atoms with van der Waals surface area (Å²) in [4.78, 5) is 14.4. The van der Waals surface area contributed by atoms with Gasteiger partial charge in [-0.1, -0.05) is 32.0 Å². The lowest BCUT2D eigenvalue weighted by molar-refractivity contribution is 0.217. The molecule has 0 aliphatic carbocycles. The first-order valence-electron chi connectivity index (χ1n) is 10.1. The van der Waals surface area contributed by atoms with Gasteiger partial charge in [0.05, 0.1) is 17.4 Å². The minimum Gasteiger partial charge on any atom is -0.475 e. The van der Waals surface area contributed by atoms with Gasteiger partial charge in [-0.05, 0) is 45.1 Å². The molecule has 2 heterocycles. The summed E-state index contributed by atoms with van der Waals surface area (Å²) in [7, 11) is 0. The largest absolute Gasteiger partial charge is 0.475 e. The van der Waals surface area contributed by atoms with Crippen LogP contribution in [0.3, 0.4) is 0 Å². The summed E-state index contributed by atoms with van der Waals surface area (Å²) in [5, 5.41) is 9.21. The Morgan fingerprint density at radius 1 is 1.03 bits per heavy atom. The van der Waals surface area contributed by atoms with Crippen molar-refractivity contribution in [3.63, 3.8) is 0 Å². The van der Waals surface area contributed by atoms with Crippen LogP contribution in [0.2, 0.25) is 0 Å². The quantitative estimate of drug-likeness (QED) is 0.556. The maximum atomic E-state index is 12.1. The summed E-state index contributed by atoms with van der Waals surface area (Å²) < 4.78 is 9.23. The normalized spacial score (nSPS) is 11.4. The van der Waals surface area contributed by atoms with E-state index in [4.69, 9.17) is 4.74 Å². The highest BCUT2D eigenvalue weighted by Gasteiger charge is 2.16. The van der Waals surface area contributed by atoms with Crippen LogP contribution in [0.15, 0.2) is 53.3 Å². The van der Waals surface area contributed by atoms with E-state index in [1.165, 1.54) is 4.68 Å². The zero-order valence-corrected chi connectivity index (χ0v) is 17.6. The maximum Gasteiger partial charge on any atom is 0.267 e. The number of likely N-dealkylation sites (N-methyl/N-ethyl adjacent to an activating group) is 1. The first kappa shape index (κ1) is 20.8. The molecule has 7 heteroatoms. The van der Waals surface area contributed by atoms with Crippen LogP contribution in [-0.2, 0) is 0 Å². The van der Waals surface area contributed by atoms with E-state index in [2.05, 4.69) is 28.9 Å². The van der Waals surface area contributed by atoms with Crippen molar-refractivity contribution >= 4 is 0 Å². The van der Waals surface area contributed by atoms with Crippen molar-refractivity contribution in [2.45, 2.75) is 33.7 Å². The minimum atomic E-state index is -0.120. The molecule has 0 aliphatic heterocycles. The zero-order valence-electron chi connectivity index (χ0n) is 17.6. The van der Waals surface area contributed by atoms with Gasteiger partial charge in [-0.15, -0.1) is 5.10 Å². The van der Waals surface area contributed by atoms with Crippen LogP contribution in [0.5, 0.6) is 5.88 Å². The molecule has 0 atom stereocenters. The molecular formula is C22H29N5O2. The summed E-state index contributed by atoms with van der Waals surface area (Å²) >= 11 is 0. The summed E-state index contributed by atoms with van der Waals surface area (Å²) in [5.74, 6) is 0.542. The van der Waals surface area contributed by atoms with E-state index in [-0.39, 0.29) is 11.6 Å². The lowest BCUT2D eigenvalue weighted by atomic mass is 10.2. The third-order valence-electron chi connectivity index (χ3n) is 4.82. The fourth-order valence-electron chi connectivity index (χ4n) is 3.13. The Morgan fingerprint density at radius 3 is 2.41 bits per heavy atom. The summed E-state index contributed by atoms with van der Waals surface area (Å²) in [6.07, 6.45) is 0. The molecule has 2 aromatic heterocycles. The van der Waals surface area contributed by atoms with Gasteiger partial charge >= 0.3 is 0 Å². The maximum absolute atomic E-state index is 12.1. The molecular weight excluding hydrogens is 366 g/mol. The highest BCUT2D eigenvalue weighted by Crippen LogP contribution is 2.25. The lowest BCUT2D eigenvalue weighted by Gasteiger charge is -2.17. The number of rotatable bonds is 9. The van der Waals surface area contributed by atoms with Crippen molar-refractivity contribution in [3.05, 3.63) is 58.9 Å². The molecule has 3 rings (SSSR count). The summed E-state index contributed by atoms with van der Waals surface area (Å²) in [6.45, 7) is 11.5. The fourth-order valence-corrected chi connectivity index (χ4v) is 3.13. The Morgan fingerprint density at radius 2 is 1.76 bits per heavy atom. The van der Waals surface area contributed by atoms with Crippen LogP contribution in [0, 0.1) is 0 Å². The first-order chi connectivity index (χ1) is 14.0. The average Bonchev–Trinajstić information content (AvgIpc) is 3.16. The van der Waals surface area contributed by atoms with Crippen molar-refractivity contribution in [1.82, 2.24) is 24.5 Å². The van der Waals surface area contributed by atoms with Gasteiger partial charge in [0.1, 0.15) is 12.3 Å². The second-order valence-corrected chi connectivity index (χ2v) is 7.09. The number of benzene rings is 1. The van der Waals surface area contributed by atoms with E-state index in [1.807, 2.05) is 54.9 Å². The van der Waals surface area contributed by atoms with Gasteiger partial charge in [0.15, 0.2) is 0 Å². The molecule has 0 spiro atoms. The van der Waals surface area contributed by atoms with E-state index < -0.39 is 0 Å². The molecule has 1 aromatic carbocycles. The Labute approximate surface area is 171 Å². The number of hydrogen-bond donors (Lipinski definition) is 0. The van der Waals surface area contributed by atoms with Crippen molar-refractivity contribution < 1.29 is 4.74 Å². The van der Waals surface area contributed by atoms with Crippen LogP contribution in [-0.4, -0.2) is 50.7 Å². The van der Waals surface area contributed by atoms with Gasteiger partial charge in [0, 0.05) is 18.7 Å². The van der Waals surface area contributed by atoms with Crippen molar-refractivity contribution in [3.8, 4) is 23.0 Å². The molecule has 0 bridgehead atoms. The average molecular weight is 396 g/mol. The van der Waals surface area contributed by atoms with Crippen molar-refractivity contribution in [1.29, 1.82) is 0 Å². The molecule has 0 radical (unpaired) electrons. The molecule has 0 fully saturated rings. The topological polar surface area (TPSA) is 65.2 Å². The first-order valence-corrected chi connectivity index (χ1v) is 10.1. The zero-order chi connectivity index (χ0) is 20.8. The number of aromatic nitrogens is 4. The predicted molar refractivity (Wildman–Crippen MR) is 115 cm³/mol. The van der Waals surface area contributed by atoms with E-state index in [1.54, 1.807) is 12.1 Å². The van der Waals surface area contributed by atoms with Crippen LogP contribution in [0.25, 0.3) is 17.1 Å². The summed E-state index contributed by atoms with van der Waals surface area (Å²) in [5.41, 5.74) is 2.24. The molecule has 0 saturated carbocycles. The van der Waals surface area contributed by atoms with Crippen LogP contribution < -0.4 is 10.3 Å². The predicted octanol–water partition coefficient (Wildman–Crippen LogP) is 3.40. The van der Waals surface area contributed by atoms with Crippen molar-refractivity contribution in [2.24, 2.45) is 0 Å². The van der Waals surface area contributed by atoms with Gasteiger partial charge in [-0.25, -0.2) is 9.36 Å². The van der Waals surface area contributed by atoms with Gasteiger partial charge in [-0.2, -0.15) is 5.10 Å². The SMILES string of the molecule is CCN(CC)CCOc1cc(-c2ccc(=O)n(C(C)C)n2)n(-c2ccccc2)n1. The Hall–Kier alpha value is -2.93. The van der Waals surface area contributed by atoms with Gasteiger partial charge < -0.3 is 9.64 Å². The van der Waals surface area contributed by atoms with Crippen molar-refractivity contribution in [2.75, 3.05) is 26.2 Å². The monoisotopic (exact) mass is 395 g/mol. The lowest BCUT2D eigenvalue weighted by Crippen LogP contribution is -2.27. The number of hydrogen-bond acceptors (Lipinski definition) is 5. The van der Waals surface area contributed by atoms with E-state index in [9.17, 15) is 4.79 Å². The standard InChI is InChI=1S/C22H29N5O2/c1-5-25(6-2)14-15-29-21-16-20(27(24-21)18-10-8-7-9-11-18)19-12-13-22(28)26(23-19)17(3)4/h7-13,16-17H,5-6,14-15H2,1-4H3. The minimum absolute atomic E-state index is 0.0275. The Balaban J connectivity index is 1.96. The Kier molecular flexibility index (Phi) is 6.82. The molecule has 0 aliphatic rings. The third kappa shape index (κ3) is 4.92. The highest BCUT2D eigenvalue weighted by molar-refractivity contribution is 5.59. The molecule has 0 saturated heterocycles. The van der Waals surface area contributed by atoms with E-state index >= 15 is 0 Å². The van der Waals surface area contributed by atoms with E-state index in [0.717, 1.165) is 31.0 Å². The molecule has 29 heavy (non-hydrogen) atoms. The van der Waals surface area contributed by atoms with Gasteiger partial charge in [0.2, 0.25) is 5.88 Å². The Bertz CT molecular complexity index is 974. The van der Waals surface area contributed by atoms with Crippen LogP contribution in [0.1, 0.15) is 33.7 Å². The molecule has 154 valence electrons. The number of nitrogens with zero attached hydrogens (tertiary/aromatic N) is 5. The number of para-hydroxylation sites is 1. The van der Waals surface area contributed by atoms with Crippen LogP contribution in [0.4, 0.5) is 0 Å². The highest BCUT2D eigenvalue weighted by atomic mass is 16.5. The van der Waals surface area contributed by atoms with Gasteiger partial charge in [-0.3, -0.25) is 4.79 Å². The second-order valence-electron chi connectivity index (χ2n) is 7.09. The molecule has 0 N–H and O–H groups in total. The smallest absolute Gasteiger partial charge is 0.267 e. The third-order valence-corrected chi connectivity index (χ3v) is 4.82. The molecule has 0 amide bonds. The summed E-state index contributed by atoms with van der Waals surface area (Å²) in [6, 6.07) is 15.0. The van der Waals surface area contributed by atoms with Crippen LogP contribution >= 0.6 is 0 Å². The van der Waals surface area contributed by atoms with E-state index in [0.29, 0.717) is 18.2 Å². The van der Waals surface area contributed by atoms with Gasteiger partial charge in [0.25, 0.3) is 5.56 Å². The molecule has 7 nitrogen and oxygen atoms in total. The number of ether oxygens (including phenoxy) is 1.